The number of amides is 1. The van der Waals surface area contributed by atoms with Gasteiger partial charge in [0.25, 0.3) is 5.91 Å². The van der Waals surface area contributed by atoms with E-state index in [1.54, 1.807) is 24.0 Å². The predicted molar refractivity (Wildman–Crippen MR) is 75.4 cm³/mol. The predicted octanol–water partition coefficient (Wildman–Crippen LogP) is 1.40. The molecule has 2 aliphatic heterocycles. The Hall–Kier alpha value is -1.30. The van der Waals surface area contributed by atoms with Gasteiger partial charge in [-0.2, -0.15) is 0 Å². The minimum Gasteiger partial charge on any atom is -0.481 e. The number of carboxylic acids is 1. The summed E-state index contributed by atoms with van der Waals surface area (Å²) in [6.07, 6.45) is 3.43. The average Bonchev–Trinajstić information content (AvgIpc) is 2.36. The molecule has 0 bridgehead atoms. The van der Waals surface area contributed by atoms with E-state index in [2.05, 4.69) is 4.99 Å². The highest BCUT2D eigenvalue weighted by Crippen LogP contribution is 2.44. The lowest BCUT2D eigenvalue weighted by Crippen LogP contribution is -2.68. The highest BCUT2D eigenvalue weighted by Gasteiger charge is 2.56. The van der Waals surface area contributed by atoms with Crippen molar-refractivity contribution in [2.24, 2.45) is 10.4 Å². The van der Waals surface area contributed by atoms with Gasteiger partial charge in [0.15, 0.2) is 6.04 Å². The van der Waals surface area contributed by atoms with Crippen LogP contribution in [0.25, 0.3) is 0 Å². The Morgan fingerprint density at radius 2 is 2.26 bits per heavy atom. The number of β-lactam (4-membered cyclic amide) rings is 1. The number of hydrogen-bond acceptors (Lipinski definition) is 4. The molecule has 2 aliphatic rings. The zero-order valence-electron chi connectivity index (χ0n) is 11.3. The van der Waals surface area contributed by atoms with Gasteiger partial charge in [0.1, 0.15) is 10.8 Å². The van der Waals surface area contributed by atoms with E-state index in [-0.39, 0.29) is 23.9 Å². The van der Waals surface area contributed by atoms with Crippen molar-refractivity contribution in [1.82, 2.24) is 4.90 Å². The molecule has 0 saturated carbocycles. The quantitative estimate of drug-likeness (QED) is 0.482. The van der Waals surface area contributed by atoms with E-state index in [1.807, 2.05) is 13.8 Å². The summed E-state index contributed by atoms with van der Waals surface area (Å²) in [5.41, 5.74) is -0.0799. The summed E-state index contributed by atoms with van der Waals surface area (Å²) >= 11 is 1.51. The van der Waals surface area contributed by atoms with E-state index >= 15 is 0 Å². The fraction of sp³-hybridized carbons (Fsp3) is 0.615. The van der Waals surface area contributed by atoms with Crippen LogP contribution in [-0.2, 0) is 9.59 Å². The van der Waals surface area contributed by atoms with Gasteiger partial charge < -0.3 is 10.0 Å². The first-order chi connectivity index (χ1) is 8.91. The summed E-state index contributed by atoms with van der Waals surface area (Å²) in [6, 6.07) is -0.326. The summed E-state index contributed by atoms with van der Waals surface area (Å²) in [7, 11) is 0. The molecule has 2 saturated heterocycles. The van der Waals surface area contributed by atoms with Crippen LogP contribution in [0.2, 0.25) is 0 Å². The number of thioether (sulfide) groups is 1. The second kappa shape index (κ2) is 5.00. The molecule has 1 N–H and O–H groups in total. The van der Waals surface area contributed by atoms with E-state index in [1.165, 1.54) is 11.8 Å². The zero-order valence-corrected chi connectivity index (χ0v) is 12.1. The van der Waals surface area contributed by atoms with Crippen molar-refractivity contribution in [3.05, 3.63) is 12.2 Å². The molecule has 2 unspecified atom stereocenters. The fourth-order valence-corrected chi connectivity index (χ4v) is 3.95. The molecule has 0 aromatic carbocycles. The van der Waals surface area contributed by atoms with Crippen LogP contribution >= 0.6 is 11.8 Å². The van der Waals surface area contributed by atoms with Gasteiger partial charge >= 0.3 is 5.97 Å². The summed E-state index contributed by atoms with van der Waals surface area (Å²) in [5, 5.41) is 9.42. The number of carbonyl (C=O) groups is 2. The number of fused-ring (bicyclic) bond motifs is 1. The van der Waals surface area contributed by atoms with Crippen LogP contribution in [0, 0.1) is 5.41 Å². The second-order valence-corrected chi connectivity index (χ2v) is 6.26. The normalized spacial score (nSPS) is 33.8. The second-order valence-electron chi connectivity index (χ2n) is 5.15. The van der Waals surface area contributed by atoms with Gasteiger partial charge in [0, 0.05) is 18.0 Å². The SMILES string of the molecule is CC=CC1(C(=O)O)CS[C@@H]2C(N=C(C)C)C(=O)N2C1. The molecule has 1 amide bonds. The van der Waals surface area contributed by atoms with Crippen molar-refractivity contribution in [3.8, 4) is 0 Å². The largest absolute Gasteiger partial charge is 0.481 e. The van der Waals surface area contributed by atoms with Crippen LogP contribution < -0.4 is 0 Å². The van der Waals surface area contributed by atoms with Crippen LogP contribution in [-0.4, -0.2) is 51.3 Å². The van der Waals surface area contributed by atoms with Gasteiger partial charge in [-0.25, -0.2) is 0 Å². The van der Waals surface area contributed by atoms with Crippen molar-refractivity contribution < 1.29 is 14.7 Å². The van der Waals surface area contributed by atoms with Crippen LogP contribution in [0.1, 0.15) is 20.8 Å². The van der Waals surface area contributed by atoms with Crippen molar-refractivity contribution in [2.45, 2.75) is 32.2 Å². The fourth-order valence-electron chi connectivity index (χ4n) is 2.46. The monoisotopic (exact) mass is 282 g/mol. The van der Waals surface area contributed by atoms with Crippen LogP contribution in [0.5, 0.6) is 0 Å². The lowest BCUT2D eigenvalue weighted by atomic mass is 9.87. The Bertz CT molecular complexity index is 471. The molecule has 0 aromatic heterocycles. The number of carbonyl (C=O) groups excluding carboxylic acids is 1. The summed E-state index contributed by atoms with van der Waals surface area (Å²) in [5.74, 6) is -0.452. The van der Waals surface area contributed by atoms with Gasteiger partial charge in [-0.3, -0.25) is 14.6 Å². The van der Waals surface area contributed by atoms with Crippen LogP contribution in [0.4, 0.5) is 0 Å². The maximum Gasteiger partial charge on any atom is 0.316 e. The minimum absolute atomic E-state index is 0.000121. The summed E-state index contributed by atoms with van der Waals surface area (Å²) < 4.78 is 0. The van der Waals surface area contributed by atoms with Gasteiger partial charge in [-0.15, -0.1) is 11.8 Å². The molecular formula is C13H18N2O3S. The molecular weight excluding hydrogens is 264 g/mol. The highest BCUT2D eigenvalue weighted by molar-refractivity contribution is 8.00. The number of carboxylic acid groups (broad SMARTS) is 1. The standard InChI is InChI=1S/C13H18N2O3S/c1-4-5-13(12(17)18)6-15-10(16)9(14-8(2)3)11(15)19-7-13/h4-5,9,11H,6-7H2,1-3H3,(H,17,18)/t9?,11-,13?/m1/s1. The smallest absolute Gasteiger partial charge is 0.316 e. The molecule has 2 fully saturated rings. The van der Waals surface area contributed by atoms with Crippen LogP contribution in [0.15, 0.2) is 17.1 Å². The lowest BCUT2D eigenvalue weighted by molar-refractivity contribution is -0.153. The maximum atomic E-state index is 12.0. The van der Waals surface area contributed by atoms with E-state index in [0.29, 0.717) is 5.75 Å². The molecule has 3 atom stereocenters. The van der Waals surface area contributed by atoms with Gasteiger partial charge in [0.2, 0.25) is 0 Å². The minimum atomic E-state index is -0.957. The van der Waals surface area contributed by atoms with Crippen molar-refractivity contribution in [3.63, 3.8) is 0 Å². The molecule has 2 heterocycles. The first-order valence-electron chi connectivity index (χ1n) is 6.21. The number of allylic oxidation sites excluding steroid dienone is 1. The third-order valence-electron chi connectivity index (χ3n) is 3.39. The first-order valence-corrected chi connectivity index (χ1v) is 7.26. The number of aliphatic imine (C=N–C) groups is 1. The van der Waals surface area contributed by atoms with Crippen LogP contribution in [0.3, 0.4) is 0 Å². The van der Waals surface area contributed by atoms with Gasteiger partial charge in [0.05, 0.1) is 0 Å². The molecule has 0 radical (unpaired) electrons. The lowest BCUT2D eigenvalue weighted by Gasteiger charge is -2.52. The van der Waals surface area contributed by atoms with E-state index in [9.17, 15) is 14.7 Å². The molecule has 0 aliphatic carbocycles. The van der Waals surface area contributed by atoms with Gasteiger partial charge in [-0.1, -0.05) is 12.2 Å². The first kappa shape index (κ1) is 14.1. The Morgan fingerprint density at radius 1 is 1.58 bits per heavy atom. The third kappa shape index (κ3) is 2.29. The maximum absolute atomic E-state index is 12.0. The summed E-state index contributed by atoms with van der Waals surface area (Å²) in [4.78, 5) is 29.5. The summed E-state index contributed by atoms with van der Waals surface area (Å²) in [6.45, 7) is 5.78. The molecule has 104 valence electrons. The van der Waals surface area contributed by atoms with Crippen molar-refractivity contribution in [2.75, 3.05) is 12.3 Å². The number of nitrogens with zero attached hydrogens (tertiary/aromatic N) is 2. The third-order valence-corrected chi connectivity index (χ3v) is 4.92. The Morgan fingerprint density at radius 3 is 2.79 bits per heavy atom. The highest BCUT2D eigenvalue weighted by atomic mass is 32.2. The zero-order chi connectivity index (χ0) is 14.2. The Kier molecular flexibility index (Phi) is 3.71. The Balaban J connectivity index is 2.18. The number of rotatable bonds is 3. The van der Waals surface area contributed by atoms with E-state index in [0.717, 1.165) is 5.71 Å². The number of aliphatic carboxylic acids is 1. The molecule has 0 spiro atoms. The molecule has 0 aromatic rings. The average molecular weight is 282 g/mol. The van der Waals surface area contributed by atoms with Crippen molar-refractivity contribution >= 4 is 29.4 Å². The van der Waals surface area contributed by atoms with E-state index in [4.69, 9.17) is 0 Å². The molecule has 5 nitrogen and oxygen atoms in total. The number of hydrogen-bond donors (Lipinski definition) is 1. The Labute approximate surface area is 116 Å². The van der Waals surface area contributed by atoms with Crippen molar-refractivity contribution in [1.29, 1.82) is 0 Å². The molecule has 2 rings (SSSR count). The molecule has 19 heavy (non-hydrogen) atoms. The molecule has 6 heteroatoms. The van der Waals surface area contributed by atoms with E-state index < -0.39 is 11.4 Å². The topological polar surface area (TPSA) is 70.0 Å². The van der Waals surface area contributed by atoms with Gasteiger partial charge in [-0.05, 0) is 20.8 Å².